The van der Waals surface area contributed by atoms with Crippen molar-refractivity contribution in [2.45, 2.75) is 0 Å². The zero-order valence-electron chi connectivity index (χ0n) is 12.8. The van der Waals surface area contributed by atoms with Gasteiger partial charge in [-0.25, -0.2) is 0 Å². The van der Waals surface area contributed by atoms with Crippen molar-refractivity contribution in [1.82, 2.24) is 15.4 Å². The number of aryl methyl sites for hydroxylation is 1. The fraction of sp³-hybridized carbons (Fsp3) is 0.250. The van der Waals surface area contributed by atoms with Crippen molar-refractivity contribution in [3.8, 4) is 5.75 Å². The molecule has 7 nitrogen and oxygen atoms in total. The molecule has 0 aliphatic rings. The van der Waals surface area contributed by atoms with Crippen LogP contribution in [0.5, 0.6) is 5.75 Å². The number of hydrazine groups is 1. The van der Waals surface area contributed by atoms with Crippen molar-refractivity contribution in [3.63, 3.8) is 0 Å². The van der Waals surface area contributed by atoms with Gasteiger partial charge in [-0.3, -0.25) is 20.4 Å². The van der Waals surface area contributed by atoms with Crippen molar-refractivity contribution in [3.05, 3.63) is 54.4 Å². The number of hydrogen-bond donors (Lipinski definition) is 2. The molecule has 23 heavy (non-hydrogen) atoms. The molecule has 0 aliphatic heterocycles. The number of ether oxygens (including phenoxy) is 2. The van der Waals surface area contributed by atoms with Crippen LogP contribution in [0.3, 0.4) is 0 Å². The van der Waals surface area contributed by atoms with E-state index in [1.807, 2.05) is 30.3 Å². The minimum atomic E-state index is -0.438. The van der Waals surface area contributed by atoms with E-state index in [4.69, 9.17) is 9.47 Å². The summed E-state index contributed by atoms with van der Waals surface area (Å²) in [4.78, 5) is 23.3. The largest absolute Gasteiger partial charge is 0.491 e. The van der Waals surface area contributed by atoms with Gasteiger partial charge in [-0.2, -0.15) is 0 Å². The van der Waals surface area contributed by atoms with Gasteiger partial charge in [-0.05, 0) is 24.3 Å². The molecule has 2 N–H and O–H groups in total. The SMILES string of the molecule is Cn1cccc1C(=O)NNC(=O)COCCOc1ccccc1. The molecule has 0 saturated carbocycles. The number of hydrogen-bond acceptors (Lipinski definition) is 4. The Bertz CT molecular complexity index is 640. The third kappa shape index (κ3) is 5.48. The Balaban J connectivity index is 1.57. The summed E-state index contributed by atoms with van der Waals surface area (Å²) in [6.45, 7) is 0.451. The molecular formula is C16H19N3O4. The van der Waals surface area contributed by atoms with E-state index in [0.717, 1.165) is 5.75 Å². The highest BCUT2D eigenvalue weighted by Crippen LogP contribution is 2.07. The van der Waals surface area contributed by atoms with Crippen LogP contribution in [-0.2, 0) is 16.6 Å². The first-order chi connectivity index (χ1) is 11.2. The molecule has 0 bridgehead atoms. The summed E-state index contributed by atoms with van der Waals surface area (Å²) in [5.41, 5.74) is 5.06. The molecule has 0 radical (unpaired) electrons. The van der Waals surface area contributed by atoms with Crippen LogP contribution < -0.4 is 15.6 Å². The van der Waals surface area contributed by atoms with Crippen LogP contribution in [0.2, 0.25) is 0 Å². The number of nitrogens with zero attached hydrogens (tertiary/aromatic N) is 1. The molecule has 0 spiro atoms. The smallest absolute Gasteiger partial charge is 0.286 e. The average molecular weight is 317 g/mol. The molecule has 0 atom stereocenters. The first-order valence-corrected chi connectivity index (χ1v) is 7.13. The molecule has 0 aliphatic carbocycles. The second kappa shape index (κ2) is 8.60. The van der Waals surface area contributed by atoms with Gasteiger partial charge >= 0.3 is 0 Å². The Morgan fingerprint density at radius 1 is 1.04 bits per heavy atom. The number of amides is 2. The van der Waals surface area contributed by atoms with E-state index in [1.165, 1.54) is 0 Å². The minimum Gasteiger partial charge on any atom is -0.491 e. The second-order valence-corrected chi connectivity index (χ2v) is 4.72. The van der Waals surface area contributed by atoms with E-state index in [1.54, 1.807) is 29.9 Å². The van der Waals surface area contributed by atoms with Crippen molar-refractivity contribution in [2.75, 3.05) is 19.8 Å². The lowest BCUT2D eigenvalue weighted by atomic mass is 10.3. The molecular weight excluding hydrogens is 298 g/mol. The third-order valence-corrected chi connectivity index (χ3v) is 2.96. The first-order valence-electron chi connectivity index (χ1n) is 7.13. The molecule has 0 saturated heterocycles. The van der Waals surface area contributed by atoms with Crippen molar-refractivity contribution in [2.24, 2.45) is 7.05 Å². The van der Waals surface area contributed by atoms with Crippen LogP contribution in [0.4, 0.5) is 0 Å². The first kappa shape index (κ1) is 16.6. The summed E-state index contributed by atoms with van der Waals surface area (Å²) in [7, 11) is 1.74. The highest BCUT2D eigenvalue weighted by Gasteiger charge is 2.09. The number of carbonyl (C=O) groups excluding carboxylic acids is 2. The van der Waals surface area contributed by atoms with Gasteiger partial charge in [0.05, 0.1) is 6.61 Å². The maximum atomic E-state index is 11.8. The van der Waals surface area contributed by atoms with Crippen molar-refractivity contribution < 1.29 is 19.1 Å². The number of aromatic nitrogens is 1. The molecule has 7 heteroatoms. The van der Waals surface area contributed by atoms with E-state index in [0.29, 0.717) is 12.3 Å². The Hall–Kier alpha value is -2.80. The van der Waals surface area contributed by atoms with E-state index in [2.05, 4.69) is 10.9 Å². The molecule has 1 aromatic carbocycles. The molecule has 0 unspecified atom stereocenters. The van der Waals surface area contributed by atoms with Crippen LogP contribution in [0.25, 0.3) is 0 Å². The third-order valence-electron chi connectivity index (χ3n) is 2.96. The molecule has 2 amide bonds. The van der Waals surface area contributed by atoms with Crippen LogP contribution in [-0.4, -0.2) is 36.2 Å². The van der Waals surface area contributed by atoms with Crippen LogP contribution in [0.15, 0.2) is 48.7 Å². The zero-order valence-corrected chi connectivity index (χ0v) is 12.8. The monoisotopic (exact) mass is 317 g/mol. The van der Waals surface area contributed by atoms with Crippen LogP contribution >= 0.6 is 0 Å². The van der Waals surface area contributed by atoms with Gasteiger partial charge in [0.2, 0.25) is 0 Å². The Kier molecular flexibility index (Phi) is 6.19. The summed E-state index contributed by atoms with van der Waals surface area (Å²) in [6, 6.07) is 12.7. The maximum absolute atomic E-state index is 11.8. The van der Waals surface area contributed by atoms with Crippen LogP contribution in [0.1, 0.15) is 10.5 Å². The molecule has 2 aromatic rings. The molecule has 122 valence electrons. The number of carbonyl (C=O) groups is 2. The van der Waals surface area contributed by atoms with E-state index in [9.17, 15) is 9.59 Å². The molecule has 0 fully saturated rings. The minimum absolute atomic E-state index is 0.161. The average Bonchev–Trinajstić information content (AvgIpc) is 2.99. The fourth-order valence-corrected chi connectivity index (χ4v) is 1.82. The van der Waals surface area contributed by atoms with Gasteiger partial charge in [0.15, 0.2) is 0 Å². The van der Waals surface area contributed by atoms with Gasteiger partial charge < -0.3 is 14.0 Å². The lowest BCUT2D eigenvalue weighted by Crippen LogP contribution is -2.44. The number of nitrogens with one attached hydrogen (secondary N) is 2. The summed E-state index contributed by atoms with van der Waals surface area (Å²) in [5, 5.41) is 0. The van der Waals surface area contributed by atoms with Crippen LogP contribution in [0, 0.1) is 0 Å². The Morgan fingerprint density at radius 3 is 2.52 bits per heavy atom. The standard InChI is InChI=1S/C16H19N3O4/c1-19-9-5-8-14(19)16(21)18-17-15(20)12-22-10-11-23-13-6-3-2-4-7-13/h2-9H,10-12H2,1H3,(H,17,20)(H,18,21). The van der Waals surface area contributed by atoms with Crippen molar-refractivity contribution >= 4 is 11.8 Å². The van der Waals surface area contributed by atoms with Crippen molar-refractivity contribution in [1.29, 1.82) is 0 Å². The normalized spacial score (nSPS) is 10.1. The Morgan fingerprint density at radius 2 is 1.83 bits per heavy atom. The molecule has 1 heterocycles. The highest BCUT2D eigenvalue weighted by atomic mass is 16.5. The number of benzene rings is 1. The second-order valence-electron chi connectivity index (χ2n) is 4.72. The van der Waals surface area contributed by atoms with E-state index >= 15 is 0 Å². The van der Waals surface area contributed by atoms with Gasteiger partial charge in [0.1, 0.15) is 24.7 Å². The number of para-hydroxylation sites is 1. The van der Waals surface area contributed by atoms with E-state index in [-0.39, 0.29) is 13.2 Å². The van der Waals surface area contributed by atoms with E-state index < -0.39 is 11.8 Å². The summed E-state index contributed by atoms with van der Waals surface area (Å²) in [5.74, 6) is -0.0825. The number of rotatable bonds is 7. The fourth-order valence-electron chi connectivity index (χ4n) is 1.82. The maximum Gasteiger partial charge on any atom is 0.286 e. The summed E-state index contributed by atoms with van der Waals surface area (Å²) in [6.07, 6.45) is 1.74. The quantitative estimate of drug-likeness (QED) is 0.587. The van der Waals surface area contributed by atoms with Gasteiger partial charge in [-0.15, -0.1) is 0 Å². The Labute approximate surface area is 134 Å². The topological polar surface area (TPSA) is 81.6 Å². The lowest BCUT2D eigenvalue weighted by Gasteiger charge is -2.09. The van der Waals surface area contributed by atoms with Gasteiger partial charge in [-0.1, -0.05) is 18.2 Å². The van der Waals surface area contributed by atoms with Gasteiger partial charge in [0.25, 0.3) is 11.8 Å². The van der Waals surface area contributed by atoms with Gasteiger partial charge in [0, 0.05) is 13.2 Å². The summed E-state index contributed by atoms with van der Waals surface area (Å²) >= 11 is 0. The zero-order chi connectivity index (χ0) is 16.5. The molecule has 1 aromatic heterocycles. The lowest BCUT2D eigenvalue weighted by molar-refractivity contribution is -0.126. The summed E-state index contributed by atoms with van der Waals surface area (Å²) < 4.78 is 12.2. The predicted octanol–water partition coefficient (Wildman–Crippen LogP) is 0.882. The molecule has 2 rings (SSSR count). The highest BCUT2D eigenvalue weighted by molar-refractivity contribution is 5.94. The predicted molar refractivity (Wildman–Crippen MR) is 83.8 cm³/mol.